The van der Waals surface area contributed by atoms with E-state index in [0.29, 0.717) is 0 Å². The smallest absolute Gasteiger partial charge is 0.189 e. The van der Waals surface area contributed by atoms with Gasteiger partial charge in [-0.25, -0.2) is 4.98 Å². The van der Waals surface area contributed by atoms with Crippen LogP contribution in [0.1, 0.15) is 26.5 Å². The van der Waals surface area contributed by atoms with E-state index in [9.17, 15) is 0 Å². The second-order valence-electron chi connectivity index (χ2n) is 5.98. The van der Waals surface area contributed by atoms with Crippen molar-refractivity contribution in [1.82, 2.24) is 10.3 Å². The quantitative estimate of drug-likeness (QED) is 0.911. The van der Waals surface area contributed by atoms with Gasteiger partial charge in [-0.1, -0.05) is 0 Å². The van der Waals surface area contributed by atoms with Crippen molar-refractivity contribution in [2.75, 3.05) is 19.1 Å². The van der Waals surface area contributed by atoms with Crippen molar-refractivity contribution in [2.24, 2.45) is 0 Å². The number of nitrogens with zero attached hydrogens (tertiary/aromatic N) is 2. The topological polar surface area (TPSA) is 37.4 Å². The van der Waals surface area contributed by atoms with Crippen LogP contribution in [0, 0.1) is 0 Å². The highest BCUT2D eigenvalue weighted by Crippen LogP contribution is 2.28. The zero-order chi connectivity index (χ0) is 15.5. The average molecular weight is 305 g/mol. The minimum atomic E-state index is 0.103. The number of methoxy groups -OCH3 is 1. The molecule has 4 nitrogen and oxygen atoms in total. The Labute approximate surface area is 130 Å². The van der Waals surface area contributed by atoms with Crippen LogP contribution in [-0.4, -0.2) is 24.7 Å². The second kappa shape index (κ2) is 6.45. The summed E-state index contributed by atoms with van der Waals surface area (Å²) >= 11 is 1.66. The average Bonchev–Trinajstić information content (AvgIpc) is 2.93. The molecule has 0 unspecified atom stereocenters. The number of anilines is 2. The number of ether oxygens (including phenoxy) is 1. The van der Waals surface area contributed by atoms with E-state index >= 15 is 0 Å². The third kappa shape index (κ3) is 4.44. The van der Waals surface area contributed by atoms with Crippen LogP contribution in [0.15, 0.2) is 29.6 Å². The van der Waals surface area contributed by atoms with Crippen LogP contribution >= 0.6 is 11.3 Å². The number of nitrogens with one attached hydrogen (secondary N) is 1. The number of hydrogen-bond donors (Lipinski definition) is 1. The Morgan fingerprint density at radius 2 is 1.90 bits per heavy atom. The molecule has 1 N–H and O–H groups in total. The maximum atomic E-state index is 5.18. The van der Waals surface area contributed by atoms with E-state index in [1.807, 2.05) is 31.3 Å². The predicted octanol–water partition coefficient (Wildman–Crippen LogP) is 3.81. The Balaban J connectivity index is 2.05. The van der Waals surface area contributed by atoms with Crippen molar-refractivity contribution in [1.29, 1.82) is 0 Å². The van der Waals surface area contributed by atoms with Gasteiger partial charge < -0.3 is 15.0 Å². The van der Waals surface area contributed by atoms with Gasteiger partial charge in [0, 0.05) is 30.2 Å². The van der Waals surface area contributed by atoms with Gasteiger partial charge in [0.15, 0.2) is 5.13 Å². The molecule has 1 aromatic carbocycles. The summed E-state index contributed by atoms with van der Waals surface area (Å²) in [7, 11) is 3.70. The number of hydrogen-bond acceptors (Lipinski definition) is 5. The van der Waals surface area contributed by atoms with Crippen LogP contribution in [0.3, 0.4) is 0 Å². The second-order valence-corrected chi connectivity index (χ2v) is 6.82. The van der Waals surface area contributed by atoms with Gasteiger partial charge in [0.2, 0.25) is 0 Å². The molecule has 1 aromatic heterocycles. The minimum absolute atomic E-state index is 0.103. The van der Waals surface area contributed by atoms with E-state index in [-0.39, 0.29) is 5.54 Å². The van der Waals surface area contributed by atoms with Crippen molar-refractivity contribution >= 4 is 22.2 Å². The lowest BCUT2D eigenvalue weighted by atomic mass is 10.1. The summed E-state index contributed by atoms with van der Waals surface area (Å²) in [5.74, 6) is 0.862. The first-order valence-electron chi connectivity index (χ1n) is 6.96. The van der Waals surface area contributed by atoms with Crippen molar-refractivity contribution in [3.05, 3.63) is 35.3 Å². The van der Waals surface area contributed by atoms with Crippen molar-refractivity contribution in [2.45, 2.75) is 32.9 Å². The summed E-state index contributed by atoms with van der Waals surface area (Å²) in [5, 5.41) is 6.55. The molecule has 2 rings (SSSR count). The van der Waals surface area contributed by atoms with Crippen LogP contribution in [0.25, 0.3) is 0 Å². The number of thiazole rings is 1. The molecule has 2 aromatic rings. The molecular formula is C16H23N3OS. The monoisotopic (exact) mass is 305 g/mol. The summed E-state index contributed by atoms with van der Waals surface area (Å²) in [6.45, 7) is 7.26. The first kappa shape index (κ1) is 15.8. The largest absolute Gasteiger partial charge is 0.497 e. The Morgan fingerprint density at radius 1 is 1.24 bits per heavy atom. The molecule has 0 spiro atoms. The molecule has 0 atom stereocenters. The van der Waals surface area contributed by atoms with E-state index in [1.165, 1.54) is 0 Å². The van der Waals surface area contributed by atoms with Crippen LogP contribution < -0.4 is 15.0 Å². The third-order valence-electron chi connectivity index (χ3n) is 3.09. The lowest BCUT2D eigenvalue weighted by Crippen LogP contribution is -2.35. The molecule has 0 aliphatic rings. The van der Waals surface area contributed by atoms with Gasteiger partial charge in [-0.3, -0.25) is 0 Å². The SMILES string of the molecule is COc1ccc(N(C)c2nc(CNC(C)(C)C)cs2)cc1. The van der Waals surface area contributed by atoms with Crippen LogP contribution in [0.5, 0.6) is 5.75 Å². The maximum Gasteiger partial charge on any atom is 0.189 e. The molecule has 1 heterocycles. The fourth-order valence-corrected chi connectivity index (χ4v) is 2.61. The fraction of sp³-hybridized carbons (Fsp3) is 0.438. The van der Waals surface area contributed by atoms with Crippen molar-refractivity contribution < 1.29 is 4.74 Å². The van der Waals surface area contributed by atoms with E-state index in [4.69, 9.17) is 4.74 Å². The van der Waals surface area contributed by atoms with Gasteiger partial charge in [0.1, 0.15) is 5.75 Å². The first-order chi connectivity index (χ1) is 9.89. The standard InChI is InChI=1S/C16H23N3OS/c1-16(2,3)17-10-12-11-21-15(18-12)19(4)13-6-8-14(20-5)9-7-13/h6-9,11,17H,10H2,1-5H3. The highest BCUT2D eigenvalue weighted by Gasteiger charge is 2.12. The van der Waals surface area contributed by atoms with Crippen LogP contribution in [0.4, 0.5) is 10.8 Å². The lowest BCUT2D eigenvalue weighted by molar-refractivity contribution is 0.415. The van der Waals surface area contributed by atoms with E-state index < -0.39 is 0 Å². The molecule has 0 amide bonds. The minimum Gasteiger partial charge on any atom is -0.497 e. The van der Waals surface area contributed by atoms with Gasteiger partial charge in [-0.15, -0.1) is 11.3 Å². The molecule has 0 bridgehead atoms. The molecular weight excluding hydrogens is 282 g/mol. The maximum absolute atomic E-state index is 5.18. The summed E-state index contributed by atoms with van der Waals surface area (Å²) < 4.78 is 5.18. The number of benzene rings is 1. The lowest BCUT2D eigenvalue weighted by Gasteiger charge is -2.19. The van der Waals surface area contributed by atoms with Crippen LogP contribution in [-0.2, 0) is 6.54 Å². The number of aromatic nitrogens is 1. The van der Waals surface area contributed by atoms with Crippen LogP contribution in [0.2, 0.25) is 0 Å². The molecule has 0 radical (unpaired) electrons. The van der Waals surface area contributed by atoms with Gasteiger partial charge in [0.25, 0.3) is 0 Å². The Morgan fingerprint density at radius 3 is 2.48 bits per heavy atom. The van der Waals surface area contributed by atoms with Crippen molar-refractivity contribution in [3.8, 4) is 5.75 Å². The zero-order valence-corrected chi connectivity index (χ0v) is 14.1. The highest BCUT2D eigenvalue weighted by atomic mass is 32.1. The number of rotatable bonds is 5. The molecule has 114 valence electrons. The van der Waals surface area contributed by atoms with Gasteiger partial charge in [-0.2, -0.15) is 0 Å². The van der Waals surface area contributed by atoms with Crippen molar-refractivity contribution in [3.63, 3.8) is 0 Å². The summed E-state index contributed by atoms with van der Waals surface area (Å²) in [6, 6.07) is 7.99. The highest BCUT2D eigenvalue weighted by molar-refractivity contribution is 7.13. The normalized spacial score (nSPS) is 11.5. The molecule has 0 aliphatic heterocycles. The zero-order valence-electron chi connectivity index (χ0n) is 13.3. The summed E-state index contributed by atoms with van der Waals surface area (Å²) in [4.78, 5) is 6.77. The third-order valence-corrected chi connectivity index (χ3v) is 4.05. The molecule has 5 heteroatoms. The van der Waals surface area contributed by atoms with E-state index in [2.05, 4.69) is 41.4 Å². The molecule has 0 saturated carbocycles. The Kier molecular flexibility index (Phi) is 4.85. The predicted molar refractivity (Wildman–Crippen MR) is 89.8 cm³/mol. The molecule has 0 aliphatic carbocycles. The summed E-state index contributed by atoms with van der Waals surface area (Å²) in [5.41, 5.74) is 2.27. The van der Waals surface area contributed by atoms with Gasteiger partial charge in [0.05, 0.1) is 12.8 Å². The molecule has 21 heavy (non-hydrogen) atoms. The first-order valence-corrected chi connectivity index (χ1v) is 7.84. The summed E-state index contributed by atoms with van der Waals surface area (Å²) in [6.07, 6.45) is 0. The van der Waals surface area contributed by atoms with E-state index in [0.717, 1.165) is 28.8 Å². The Hall–Kier alpha value is -1.59. The fourth-order valence-electron chi connectivity index (χ4n) is 1.80. The molecule has 0 fully saturated rings. The van der Waals surface area contributed by atoms with Gasteiger partial charge >= 0.3 is 0 Å². The molecule has 0 saturated heterocycles. The van der Waals surface area contributed by atoms with E-state index in [1.54, 1.807) is 18.4 Å². The van der Waals surface area contributed by atoms with Gasteiger partial charge in [-0.05, 0) is 45.0 Å². The Bertz CT molecular complexity index is 572.